The summed E-state index contributed by atoms with van der Waals surface area (Å²) in [6, 6.07) is 43.6. The normalized spacial score (nSPS) is 12.2. The van der Waals surface area contributed by atoms with E-state index in [-0.39, 0.29) is 0 Å². The fraction of sp³-hybridized carbons (Fsp3) is 0. The second kappa shape index (κ2) is 8.51. The molecule has 10 rings (SSSR count). The van der Waals surface area contributed by atoms with Gasteiger partial charge in [0.05, 0.1) is 43.5 Å². The molecule has 0 aliphatic rings. The number of para-hydroxylation sites is 3. The van der Waals surface area contributed by atoms with Gasteiger partial charge in [0.2, 0.25) is 0 Å². The van der Waals surface area contributed by atoms with E-state index in [1.807, 2.05) is 23.7 Å². The number of aromatic nitrogens is 4. The zero-order valence-electron chi connectivity index (χ0n) is 22.9. The van der Waals surface area contributed by atoms with E-state index < -0.39 is 0 Å². The summed E-state index contributed by atoms with van der Waals surface area (Å²) in [7, 11) is 0. The van der Waals surface area contributed by atoms with Crippen LogP contribution in [0.25, 0.3) is 86.2 Å². The van der Waals surface area contributed by atoms with Crippen LogP contribution < -0.4 is 0 Å². The van der Waals surface area contributed by atoms with Gasteiger partial charge in [0.1, 0.15) is 0 Å². The lowest BCUT2D eigenvalue weighted by Gasteiger charge is -2.14. The van der Waals surface area contributed by atoms with Crippen molar-refractivity contribution in [3.05, 3.63) is 134 Å². The maximum absolute atomic E-state index is 5.02. The predicted molar refractivity (Wildman–Crippen MR) is 181 cm³/mol. The Hall–Kier alpha value is -5.52. The molecule has 0 saturated heterocycles. The summed E-state index contributed by atoms with van der Waals surface area (Å²) in [6.07, 6.45) is 3.64. The molecule has 5 heteroatoms. The van der Waals surface area contributed by atoms with Gasteiger partial charge in [-0.05, 0) is 36.4 Å². The SMILES string of the molecule is c1ccc(-n2c3ccccc3c3c4nccnc4c4c5ccccc5n(-c5cccc6c5sc5ccccc56)c4c32)cc1. The predicted octanol–water partition coefficient (Wildman–Crippen LogP) is 10.2. The van der Waals surface area contributed by atoms with Gasteiger partial charge in [-0.2, -0.15) is 0 Å². The van der Waals surface area contributed by atoms with Gasteiger partial charge in [0, 0.05) is 55.1 Å². The first-order chi connectivity index (χ1) is 21.4. The van der Waals surface area contributed by atoms with Crippen LogP contribution in [-0.4, -0.2) is 19.1 Å². The third kappa shape index (κ3) is 2.99. The molecule has 0 aliphatic carbocycles. The van der Waals surface area contributed by atoms with Gasteiger partial charge in [-0.3, -0.25) is 9.97 Å². The van der Waals surface area contributed by atoms with Crippen molar-refractivity contribution in [2.45, 2.75) is 0 Å². The van der Waals surface area contributed by atoms with Crippen LogP contribution in [0.2, 0.25) is 0 Å². The van der Waals surface area contributed by atoms with E-state index >= 15 is 0 Å². The van der Waals surface area contributed by atoms with Crippen molar-refractivity contribution in [1.82, 2.24) is 19.1 Å². The third-order valence-corrected chi connectivity index (χ3v) is 9.99. The van der Waals surface area contributed by atoms with E-state index in [1.54, 1.807) is 0 Å². The van der Waals surface area contributed by atoms with Gasteiger partial charge in [-0.1, -0.05) is 84.9 Å². The van der Waals surface area contributed by atoms with Gasteiger partial charge in [0.15, 0.2) is 0 Å². The summed E-state index contributed by atoms with van der Waals surface area (Å²) >= 11 is 1.86. The summed E-state index contributed by atoms with van der Waals surface area (Å²) in [6.45, 7) is 0. The lowest BCUT2D eigenvalue weighted by atomic mass is 10.1. The molecule has 0 saturated carbocycles. The van der Waals surface area contributed by atoms with Gasteiger partial charge in [-0.15, -0.1) is 11.3 Å². The Bertz CT molecular complexity index is 2730. The Morgan fingerprint density at radius 1 is 0.465 bits per heavy atom. The molecule has 0 amide bonds. The van der Waals surface area contributed by atoms with Crippen LogP contribution in [0.4, 0.5) is 0 Å². The zero-order valence-corrected chi connectivity index (χ0v) is 23.7. The van der Waals surface area contributed by atoms with Crippen LogP contribution in [0, 0.1) is 0 Å². The first kappa shape index (κ1) is 23.1. The van der Waals surface area contributed by atoms with Crippen molar-refractivity contribution in [2.24, 2.45) is 0 Å². The number of benzene rings is 6. The molecular weight excluding hydrogens is 545 g/mol. The van der Waals surface area contributed by atoms with Gasteiger partial charge >= 0.3 is 0 Å². The minimum Gasteiger partial charge on any atom is -0.307 e. The highest BCUT2D eigenvalue weighted by molar-refractivity contribution is 7.26. The van der Waals surface area contributed by atoms with Gasteiger partial charge in [0.25, 0.3) is 0 Å². The van der Waals surface area contributed by atoms with E-state index in [4.69, 9.17) is 9.97 Å². The highest BCUT2D eigenvalue weighted by atomic mass is 32.1. The number of hydrogen-bond acceptors (Lipinski definition) is 3. The lowest BCUT2D eigenvalue weighted by Crippen LogP contribution is -1.99. The molecule has 0 aliphatic heterocycles. The second-order valence-electron chi connectivity index (χ2n) is 11.0. The monoisotopic (exact) mass is 566 g/mol. The maximum atomic E-state index is 5.02. The van der Waals surface area contributed by atoms with E-state index in [0.717, 1.165) is 49.6 Å². The van der Waals surface area contributed by atoms with E-state index in [1.165, 1.54) is 36.6 Å². The molecule has 0 atom stereocenters. The van der Waals surface area contributed by atoms with E-state index in [2.05, 4.69) is 130 Å². The number of nitrogens with zero attached hydrogens (tertiary/aromatic N) is 4. The third-order valence-electron chi connectivity index (χ3n) is 8.78. The number of thiophene rings is 1. The summed E-state index contributed by atoms with van der Waals surface area (Å²) in [5.41, 5.74) is 8.76. The second-order valence-corrected chi connectivity index (χ2v) is 12.0. The van der Waals surface area contributed by atoms with Crippen molar-refractivity contribution < 1.29 is 0 Å². The Kier molecular flexibility index (Phi) is 4.57. The van der Waals surface area contributed by atoms with Crippen molar-refractivity contribution in [3.63, 3.8) is 0 Å². The van der Waals surface area contributed by atoms with E-state index in [9.17, 15) is 0 Å². The molecule has 0 fully saturated rings. The summed E-state index contributed by atoms with van der Waals surface area (Å²) in [4.78, 5) is 10.0. The lowest BCUT2D eigenvalue weighted by molar-refractivity contribution is 1.16. The molecule has 0 N–H and O–H groups in total. The summed E-state index contributed by atoms with van der Waals surface area (Å²) in [5, 5.41) is 7.18. The molecule has 200 valence electrons. The Labute approximate surface area is 249 Å². The van der Waals surface area contributed by atoms with Crippen LogP contribution in [-0.2, 0) is 0 Å². The maximum Gasteiger partial charge on any atom is 0.0994 e. The average Bonchev–Trinajstić information content (AvgIpc) is 3.73. The van der Waals surface area contributed by atoms with Crippen LogP contribution in [0.1, 0.15) is 0 Å². The molecule has 0 spiro atoms. The molecule has 0 unspecified atom stereocenters. The fourth-order valence-corrected chi connectivity index (χ4v) is 8.32. The first-order valence-electron chi connectivity index (χ1n) is 14.4. The highest BCUT2D eigenvalue weighted by Gasteiger charge is 2.26. The molecule has 4 heterocycles. The average molecular weight is 567 g/mol. The highest BCUT2D eigenvalue weighted by Crippen LogP contribution is 2.47. The van der Waals surface area contributed by atoms with Gasteiger partial charge in [-0.25, -0.2) is 0 Å². The minimum absolute atomic E-state index is 0.929. The van der Waals surface area contributed by atoms with Gasteiger partial charge < -0.3 is 9.13 Å². The largest absolute Gasteiger partial charge is 0.307 e. The molecule has 6 aromatic carbocycles. The standard InChI is InChI=1S/C38H22N4S/c1-2-11-23(12-3-1)41-28-17-7-4-14-26(28)32-34-35(40-22-21-39-34)33-27-15-5-8-18-29(27)42(37(33)36(32)41)30-19-10-16-25-24-13-6-9-20-31(24)43-38(25)30/h1-22H. The van der Waals surface area contributed by atoms with Crippen LogP contribution in [0.3, 0.4) is 0 Å². The number of hydrogen-bond donors (Lipinski definition) is 0. The molecule has 10 aromatic rings. The zero-order chi connectivity index (χ0) is 28.1. The topological polar surface area (TPSA) is 35.6 Å². The smallest absolute Gasteiger partial charge is 0.0994 e. The Balaban J connectivity index is 1.55. The quantitative estimate of drug-likeness (QED) is 0.209. The minimum atomic E-state index is 0.929. The van der Waals surface area contributed by atoms with E-state index in [0.29, 0.717) is 0 Å². The molecule has 4 aromatic heterocycles. The molecule has 4 nitrogen and oxygen atoms in total. The van der Waals surface area contributed by atoms with Crippen molar-refractivity contribution in [2.75, 3.05) is 0 Å². The Morgan fingerprint density at radius 2 is 1.02 bits per heavy atom. The molecule has 43 heavy (non-hydrogen) atoms. The molecule has 0 radical (unpaired) electrons. The first-order valence-corrected chi connectivity index (χ1v) is 15.3. The van der Waals surface area contributed by atoms with Crippen LogP contribution >= 0.6 is 11.3 Å². The van der Waals surface area contributed by atoms with Crippen molar-refractivity contribution in [3.8, 4) is 11.4 Å². The Morgan fingerprint density at radius 3 is 1.74 bits per heavy atom. The van der Waals surface area contributed by atoms with Crippen LogP contribution in [0.5, 0.6) is 0 Å². The number of rotatable bonds is 2. The molecule has 0 bridgehead atoms. The molecular formula is C38H22N4S. The summed E-state index contributed by atoms with van der Waals surface area (Å²) in [5.74, 6) is 0. The number of fused-ring (bicyclic) bond motifs is 13. The summed E-state index contributed by atoms with van der Waals surface area (Å²) < 4.78 is 7.48. The van der Waals surface area contributed by atoms with Crippen molar-refractivity contribution >= 4 is 86.2 Å². The van der Waals surface area contributed by atoms with Crippen LogP contribution in [0.15, 0.2) is 134 Å². The van der Waals surface area contributed by atoms with Crippen molar-refractivity contribution in [1.29, 1.82) is 0 Å². The fourth-order valence-electron chi connectivity index (χ4n) is 7.12.